The highest BCUT2D eigenvalue weighted by molar-refractivity contribution is 5.99. The summed E-state index contributed by atoms with van der Waals surface area (Å²) in [6.07, 6.45) is 1.75. The lowest BCUT2D eigenvalue weighted by molar-refractivity contribution is 0.0527. The first-order valence-electron chi connectivity index (χ1n) is 7.16. The van der Waals surface area contributed by atoms with Crippen molar-refractivity contribution >= 4 is 28.2 Å². The maximum atomic E-state index is 12.0. The van der Waals surface area contributed by atoms with E-state index < -0.39 is 0 Å². The monoisotopic (exact) mass is 292 g/mol. The second kappa shape index (κ2) is 6.26. The third-order valence-electron chi connectivity index (χ3n) is 3.34. The molecule has 110 valence electrons. The van der Waals surface area contributed by atoms with Crippen LogP contribution in [0.2, 0.25) is 0 Å². The highest BCUT2D eigenvalue weighted by Crippen LogP contribution is 2.27. The third kappa shape index (κ3) is 2.76. The summed E-state index contributed by atoms with van der Waals surface area (Å²) in [5, 5.41) is 4.32. The van der Waals surface area contributed by atoms with Crippen molar-refractivity contribution in [3.8, 4) is 0 Å². The molecule has 0 amide bonds. The van der Waals surface area contributed by atoms with Gasteiger partial charge in [0.2, 0.25) is 0 Å². The van der Waals surface area contributed by atoms with Crippen LogP contribution in [0.5, 0.6) is 0 Å². The fourth-order valence-electron chi connectivity index (χ4n) is 2.33. The molecule has 0 spiro atoms. The van der Waals surface area contributed by atoms with Crippen LogP contribution >= 0.6 is 0 Å². The van der Waals surface area contributed by atoms with Crippen LogP contribution in [0.3, 0.4) is 0 Å². The van der Waals surface area contributed by atoms with Gasteiger partial charge < -0.3 is 10.1 Å². The predicted octanol–water partition coefficient (Wildman–Crippen LogP) is 4.16. The van der Waals surface area contributed by atoms with Crippen LogP contribution in [-0.4, -0.2) is 17.6 Å². The smallest absolute Gasteiger partial charge is 0.340 e. The Hall–Kier alpha value is -2.88. The van der Waals surface area contributed by atoms with Crippen molar-refractivity contribution in [3.05, 3.63) is 66.4 Å². The van der Waals surface area contributed by atoms with Crippen molar-refractivity contribution in [1.82, 2.24) is 4.98 Å². The van der Waals surface area contributed by atoms with Gasteiger partial charge in [0.25, 0.3) is 0 Å². The number of anilines is 2. The first-order chi connectivity index (χ1) is 10.8. The summed E-state index contributed by atoms with van der Waals surface area (Å²) in [6, 6.07) is 17.1. The Bertz CT molecular complexity index is 810. The van der Waals surface area contributed by atoms with Crippen LogP contribution in [-0.2, 0) is 4.74 Å². The molecular weight excluding hydrogens is 276 g/mol. The van der Waals surface area contributed by atoms with E-state index >= 15 is 0 Å². The van der Waals surface area contributed by atoms with Crippen molar-refractivity contribution in [3.63, 3.8) is 0 Å². The number of rotatable bonds is 4. The van der Waals surface area contributed by atoms with Gasteiger partial charge in [-0.3, -0.25) is 4.98 Å². The zero-order chi connectivity index (χ0) is 15.4. The van der Waals surface area contributed by atoms with E-state index in [4.69, 9.17) is 4.74 Å². The summed E-state index contributed by atoms with van der Waals surface area (Å²) in [5.74, 6) is -0.330. The van der Waals surface area contributed by atoms with Crippen LogP contribution in [0.1, 0.15) is 17.3 Å². The molecule has 4 nitrogen and oxygen atoms in total. The van der Waals surface area contributed by atoms with Gasteiger partial charge in [-0.15, -0.1) is 0 Å². The Morgan fingerprint density at radius 2 is 1.82 bits per heavy atom. The van der Waals surface area contributed by atoms with Gasteiger partial charge in [-0.1, -0.05) is 30.3 Å². The number of aromatic nitrogens is 1. The van der Waals surface area contributed by atoms with Crippen molar-refractivity contribution in [2.45, 2.75) is 6.92 Å². The highest BCUT2D eigenvalue weighted by Gasteiger charge is 2.12. The number of fused-ring (bicyclic) bond motifs is 1. The normalized spacial score (nSPS) is 10.4. The van der Waals surface area contributed by atoms with E-state index in [1.54, 1.807) is 19.2 Å². The van der Waals surface area contributed by atoms with Crippen molar-refractivity contribution in [2.75, 3.05) is 11.9 Å². The molecule has 3 aromatic rings. The third-order valence-corrected chi connectivity index (χ3v) is 3.34. The number of esters is 1. The number of ether oxygens (including phenoxy) is 1. The molecule has 3 rings (SSSR count). The SMILES string of the molecule is CCOC(=O)c1ccccc1Nc1ccnc2ccccc12. The van der Waals surface area contributed by atoms with Crippen LogP contribution in [0.4, 0.5) is 11.4 Å². The summed E-state index contributed by atoms with van der Waals surface area (Å²) >= 11 is 0. The first-order valence-corrected chi connectivity index (χ1v) is 7.16. The quantitative estimate of drug-likeness (QED) is 0.734. The Morgan fingerprint density at radius 3 is 2.68 bits per heavy atom. The Labute approximate surface area is 128 Å². The number of nitrogens with zero attached hydrogens (tertiary/aromatic N) is 1. The van der Waals surface area contributed by atoms with Gasteiger partial charge in [0.1, 0.15) is 0 Å². The van der Waals surface area contributed by atoms with E-state index in [1.807, 2.05) is 48.5 Å². The van der Waals surface area contributed by atoms with Gasteiger partial charge in [0.15, 0.2) is 0 Å². The molecule has 1 heterocycles. The molecule has 1 N–H and O–H groups in total. The lowest BCUT2D eigenvalue weighted by atomic mass is 10.1. The minimum absolute atomic E-state index is 0.330. The molecule has 0 unspecified atom stereocenters. The van der Waals surface area contributed by atoms with Gasteiger partial charge in [-0.25, -0.2) is 4.79 Å². The zero-order valence-corrected chi connectivity index (χ0v) is 12.2. The maximum absolute atomic E-state index is 12.0. The summed E-state index contributed by atoms with van der Waals surface area (Å²) in [7, 11) is 0. The predicted molar refractivity (Wildman–Crippen MR) is 87.4 cm³/mol. The Kier molecular flexibility index (Phi) is 4.01. The standard InChI is InChI=1S/C18H16N2O2/c1-2-22-18(21)14-8-4-6-10-16(14)20-17-11-12-19-15-9-5-3-7-13(15)17/h3-12H,2H2,1H3,(H,19,20). The van der Waals surface area contributed by atoms with Gasteiger partial charge >= 0.3 is 5.97 Å². The van der Waals surface area contributed by atoms with Crippen molar-refractivity contribution in [1.29, 1.82) is 0 Å². The molecule has 0 aliphatic rings. The first kappa shape index (κ1) is 14.1. The van der Waals surface area contributed by atoms with Gasteiger partial charge in [-0.2, -0.15) is 0 Å². The maximum Gasteiger partial charge on any atom is 0.340 e. The van der Waals surface area contributed by atoms with Crippen LogP contribution in [0.15, 0.2) is 60.8 Å². The van der Waals surface area contributed by atoms with E-state index in [2.05, 4.69) is 10.3 Å². The van der Waals surface area contributed by atoms with E-state index in [9.17, 15) is 4.79 Å². The average molecular weight is 292 g/mol. The lowest BCUT2D eigenvalue weighted by Crippen LogP contribution is -2.07. The van der Waals surface area contributed by atoms with Crippen molar-refractivity contribution < 1.29 is 9.53 Å². The molecule has 1 aromatic heterocycles. The topological polar surface area (TPSA) is 51.2 Å². The number of carbonyl (C=O) groups excluding carboxylic acids is 1. The van der Waals surface area contributed by atoms with E-state index in [0.717, 1.165) is 22.3 Å². The molecule has 4 heteroatoms. The second-order valence-electron chi connectivity index (χ2n) is 4.77. The molecule has 0 saturated carbocycles. The number of carbonyl (C=O) groups is 1. The minimum atomic E-state index is -0.330. The molecule has 0 aliphatic heterocycles. The molecule has 0 radical (unpaired) electrons. The Morgan fingerprint density at radius 1 is 1.05 bits per heavy atom. The molecule has 2 aromatic carbocycles. The number of nitrogens with one attached hydrogen (secondary N) is 1. The number of hydrogen-bond donors (Lipinski definition) is 1. The minimum Gasteiger partial charge on any atom is -0.462 e. The fourth-order valence-corrected chi connectivity index (χ4v) is 2.33. The van der Waals surface area contributed by atoms with Crippen molar-refractivity contribution in [2.24, 2.45) is 0 Å². The van der Waals surface area contributed by atoms with Gasteiger partial charge in [-0.05, 0) is 31.2 Å². The summed E-state index contributed by atoms with van der Waals surface area (Å²) < 4.78 is 5.10. The van der Waals surface area contributed by atoms with Crippen LogP contribution in [0.25, 0.3) is 10.9 Å². The van der Waals surface area contributed by atoms with E-state index in [-0.39, 0.29) is 5.97 Å². The number of para-hydroxylation sites is 2. The highest BCUT2D eigenvalue weighted by atomic mass is 16.5. The van der Waals surface area contributed by atoms with E-state index in [0.29, 0.717) is 12.2 Å². The Balaban J connectivity index is 2.01. The van der Waals surface area contributed by atoms with E-state index in [1.165, 1.54) is 0 Å². The van der Waals surface area contributed by atoms with Crippen LogP contribution < -0.4 is 5.32 Å². The zero-order valence-electron chi connectivity index (χ0n) is 12.2. The van der Waals surface area contributed by atoms with Gasteiger partial charge in [0, 0.05) is 17.3 Å². The largest absolute Gasteiger partial charge is 0.462 e. The van der Waals surface area contributed by atoms with Gasteiger partial charge in [0.05, 0.1) is 23.4 Å². The average Bonchev–Trinajstić information content (AvgIpc) is 2.56. The molecule has 0 aliphatic carbocycles. The summed E-state index contributed by atoms with van der Waals surface area (Å²) in [4.78, 5) is 16.4. The molecule has 22 heavy (non-hydrogen) atoms. The number of benzene rings is 2. The molecule has 0 atom stereocenters. The fraction of sp³-hybridized carbons (Fsp3) is 0.111. The number of pyridine rings is 1. The summed E-state index contributed by atoms with van der Waals surface area (Å²) in [5.41, 5.74) is 3.05. The second-order valence-corrected chi connectivity index (χ2v) is 4.77. The molecular formula is C18H16N2O2. The van der Waals surface area contributed by atoms with Crippen LogP contribution in [0, 0.1) is 0 Å². The lowest BCUT2D eigenvalue weighted by Gasteiger charge is -2.13. The molecule has 0 bridgehead atoms. The number of hydrogen-bond acceptors (Lipinski definition) is 4. The molecule has 0 fully saturated rings. The summed E-state index contributed by atoms with van der Waals surface area (Å²) in [6.45, 7) is 2.15. The molecule has 0 saturated heterocycles.